The number of nitrogens with zero attached hydrogens (tertiary/aromatic N) is 2. The molecule has 19 heavy (non-hydrogen) atoms. The van der Waals surface area contributed by atoms with Gasteiger partial charge in [-0.15, -0.1) is 0 Å². The molecule has 110 valence electrons. The van der Waals surface area contributed by atoms with E-state index in [0.29, 0.717) is 6.04 Å². The molecule has 0 spiro atoms. The molecule has 0 radical (unpaired) electrons. The average molecular weight is 268 g/mol. The molecule has 0 aromatic carbocycles. The Hall–Kier alpha value is -0.810. The number of urea groups is 1. The summed E-state index contributed by atoms with van der Waals surface area (Å²) in [4.78, 5) is 16.0. The number of rotatable bonds is 6. The molecule has 0 saturated carbocycles. The molecule has 2 amide bonds. The van der Waals surface area contributed by atoms with Gasteiger partial charge in [-0.1, -0.05) is 0 Å². The highest BCUT2D eigenvalue weighted by Gasteiger charge is 2.22. The first-order chi connectivity index (χ1) is 9.16. The van der Waals surface area contributed by atoms with Gasteiger partial charge in [-0.2, -0.15) is 0 Å². The van der Waals surface area contributed by atoms with Crippen molar-refractivity contribution in [3.05, 3.63) is 0 Å². The van der Waals surface area contributed by atoms with E-state index in [2.05, 4.69) is 29.4 Å². The van der Waals surface area contributed by atoms with E-state index in [1.165, 1.54) is 19.4 Å². The molecule has 5 nitrogen and oxygen atoms in total. The second-order valence-corrected chi connectivity index (χ2v) is 6.00. The summed E-state index contributed by atoms with van der Waals surface area (Å²) in [7, 11) is 0. The van der Waals surface area contributed by atoms with Crippen LogP contribution in [0.3, 0.4) is 0 Å². The second kappa shape index (κ2) is 7.10. The number of amides is 2. The van der Waals surface area contributed by atoms with Crippen LogP contribution in [0.1, 0.15) is 26.7 Å². The normalized spacial score (nSPS) is 21.5. The first kappa shape index (κ1) is 14.6. The predicted octanol–water partition coefficient (Wildman–Crippen LogP) is 0.722. The zero-order valence-corrected chi connectivity index (χ0v) is 12.3. The van der Waals surface area contributed by atoms with E-state index in [1.54, 1.807) is 0 Å². The van der Waals surface area contributed by atoms with Crippen LogP contribution in [-0.4, -0.2) is 67.7 Å². The van der Waals surface area contributed by atoms with Gasteiger partial charge in [-0.3, -0.25) is 4.90 Å². The smallest absolute Gasteiger partial charge is 0.317 e. The van der Waals surface area contributed by atoms with Crippen LogP contribution in [-0.2, 0) is 0 Å². The SMILES string of the molecule is CC(C)N(CCN1CCNC1=O)CC1CCNCC1. The minimum absolute atomic E-state index is 0.102. The Labute approximate surface area is 116 Å². The summed E-state index contributed by atoms with van der Waals surface area (Å²) in [6, 6.07) is 0.658. The van der Waals surface area contributed by atoms with Crippen LogP contribution in [0.4, 0.5) is 4.79 Å². The van der Waals surface area contributed by atoms with Crippen LogP contribution in [0.2, 0.25) is 0 Å². The number of carbonyl (C=O) groups is 1. The third kappa shape index (κ3) is 4.35. The average Bonchev–Trinajstić information content (AvgIpc) is 2.81. The lowest BCUT2D eigenvalue weighted by molar-refractivity contribution is 0.152. The van der Waals surface area contributed by atoms with Gasteiger partial charge in [-0.05, 0) is 45.7 Å². The highest BCUT2D eigenvalue weighted by Crippen LogP contribution is 2.15. The maximum atomic E-state index is 11.5. The summed E-state index contributed by atoms with van der Waals surface area (Å²) in [5.41, 5.74) is 0. The first-order valence-corrected chi connectivity index (χ1v) is 7.64. The quantitative estimate of drug-likeness (QED) is 0.746. The van der Waals surface area contributed by atoms with Crippen molar-refractivity contribution in [2.75, 3.05) is 45.8 Å². The fourth-order valence-electron chi connectivity index (χ4n) is 2.93. The second-order valence-electron chi connectivity index (χ2n) is 6.00. The molecular formula is C14H28N4O. The molecule has 2 aliphatic heterocycles. The molecule has 2 aliphatic rings. The molecule has 0 atom stereocenters. The highest BCUT2D eigenvalue weighted by atomic mass is 16.2. The fraction of sp³-hybridized carbons (Fsp3) is 0.929. The van der Waals surface area contributed by atoms with Crippen LogP contribution in [0.5, 0.6) is 0 Å². The van der Waals surface area contributed by atoms with Crippen LogP contribution >= 0.6 is 0 Å². The first-order valence-electron chi connectivity index (χ1n) is 7.64. The molecule has 2 rings (SSSR count). The Balaban J connectivity index is 1.76. The van der Waals surface area contributed by atoms with E-state index < -0.39 is 0 Å². The van der Waals surface area contributed by atoms with Crippen molar-refractivity contribution in [3.8, 4) is 0 Å². The van der Waals surface area contributed by atoms with E-state index in [4.69, 9.17) is 0 Å². The lowest BCUT2D eigenvalue weighted by Gasteiger charge is -2.33. The van der Waals surface area contributed by atoms with E-state index in [1.807, 2.05) is 4.90 Å². The molecule has 5 heteroatoms. The van der Waals surface area contributed by atoms with Gasteiger partial charge < -0.3 is 15.5 Å². The van der Waals surface area contributed by atoms with Crippen molar-refractivity contribution in [2.45, 2.75) is 32.7 Å². The third-order valence-corrected chi connectivity index (χ3v) is 4.28. The number of hydrogen-bond acceptors (Lipinski definition) is 3. The topological polar surface area (TPSA) is 47.6 Å². The summed E-state index contributed by atoms with van der Waals surface area (Å²) < 4.78 is 0. The van der Waals surface area contributed by atoms with Crippen LogP contribution in [0, 0.1) is 5.92 Å². The number of carbonyl (C=O) groups excluding carboxylic acids is 1. The summed E-state index contributed by atoms with van der Waals surface area (Å²) in [5.74, 6) is 0.816. The van der Waals surface area contributed by atoms with E-state index in [-0.39, 0.29) is 6.03 Å². The maximum Gasteiger partial charge on any atom is 0.317 e. The predicted molar refractivity (Wildman–Crippen MR) is 77.3 cm³/mol. The van der Waals surface area contributed by atoms with Gasteiger partial charge in [0.1, 0.15) is 0 Å². The van der Waals surface area contributed by atoms with Crippen LogP contribution in [0.25, 0.3) is 0 Å². The van der Waals surface area contributed by atoms with E-state index >= 15 is 0 Å². The number of piperidine rings is 1. The number of hydrogen-bond donors (Lipinski definition) is 2. The zero-order chi connectivity index (χ0) is 13.7. The Kier molecular flexibility index (Phi) is 5.45. The lowest BCUT2D eigenvalue weighted by Crippen LogP contribution is -2.43. The van der Waals surface area contributed by atoms with Crippen molar-refractivity contribution in [2.24, 2.45) is 5.92 Å². The van der Waals surface area contributed by atoms with E-state index in [0.717, 1.165) is 45.2 Å². The molecule has 0 aromatic rings. The Morgan fingerprint density at radius 3 is 2.63 bits per heavy atom. The summed E-state index contributed by atoms with van der Waals surface area (Å²) in [5, 5.41) is 6.28. The van der Waals surface area contributed by atoms with Crippen molar-refractivity contribution in [3.63, 3.8) is 0 Å². The maximum absolute atomic E-state index is 11.5. The largest absolute Gasteiger partial charge is 0.336 e. The van der Waals surface area contributed by atoms with E-state index in [9.17, 15) is 4.79 Å². The molecule has 0 bridgehead atoms. The zero-order valence-electron chi connectivity index (χ0n) is 12.3. The number of nitrogens with one attached hydrogen (secondary N) is 2. The van der Waals surface area contributed by atoms with Crippen molar-refractivity contribution < 1.29 is 4.79 Å². The summed E-state index contributed by atoms with van der Waals surface area (Å²) in [6.07, 6.45) is 2.57. The van der Waals surface area contributed by atoms with Crippen molar-refractivity contribution in [1.29, 1.82) is 0 Å². The monoisotopic (exact) mass is 268 g/mol. The minimum atomic E-state index is 0.102. The molecule has 2 saturated heterocycles. The van der Waals surface area contributed by atoms with Crippen LogP contribution < -0.4 is 10.6 Å². The summed E-state index contributed by atoms with van der Waals surface area (Å²) in [6.45, 7) is 11.5. The third-order valence-electron chi connectivity index (χ3n) is 4.28. The van der Waals surface area contributed by atoms with Crippen molar-refractivity contribution >= 4 is 6.03 Å². The molecule has 0 aromatic heterocycles. The van der Waals surface area contributed by atoms with Crippen molar-refractivity contribution in [1.82, 2.24) is 20.4 Å². The van der Waals surface area contributed by atoms with Gasteiger partial charge in [-0.25, -0.2) is 4.79 Å². The molecule has 0 aliphatic carbocycles. The molecule has 2 fully saturated rings. The standard InChI is InChI=1S/C14H28N4O/c1-12(2)18(11-13-3-5-15-6-4-13)10-9-17-8-7-16-14(17)19/h12-13,15H,3-11H2,1-2H3,(H,16,19). The Morgan fingerprint density at radius 1 is 1.32 bits per heavy atom. The minimum Gasteiger partial charge on any atom is -0.336 e. The van der Waals surface area contributed by atoms with Gasteiger partial charge in [0, 0.05) is 38.8 Å². The lowest BCUT2D eigenvalue weighted by atomic mass is 9.97. The summed E-state index contributed by atoms with van der Waals surface area (Å²) >= 11 is 0. The molecule has 0 unspecified atom stereocenters. The molecule has 2 N–H and O–H groups in total. The van der Waals surface area contributed by atoms with Gasteiger partial charge in [0.15, 0.2) is 0 Å². The molecule has 2 heterocycles. The Morgan fingerprint density at radius 2 is 2.05 bits per heavy atom. The van der Waals surface area contributed by atoms with Crippen LogP contribution in [0.15, 0.2) is 0 Å². The van der Waals surface area contributed by atoms with Gasteiger partial charge in [0.25, 0.3) is 0 Å². The fourth-order valence-corrected chi connectivity index (χ4v) is 2.93. The van der Waals surface area contributed by atoms with Gasteiger partial charge >= 0.3 is 6.03 Å². The highest BCUT2D eigenvalue weighted by molar-refractivity contribution is 5.76. The Bertz CT molecular complexity index is 289. The molecular weight excluding hydrogens is 240 g/mol. The van der Waals surface area contributed by atoms with Gasteiger partial charge in [0.05, 0.1) is 0 Å². The van der Waals surface area contributed by atoms with Gasteiger partial charge in [0.2, 0.25) is 0 Å².